The minimum atomic E-state index is 0.770. The fourth-order valence-corrected chi connectivity index (χ4v) is 3.76. The highest BCUT2D eigenvalue weighted by Gasteiger charge is 2.11. The molecule has 0 radical (unpaired) electrons. The Labute approximate surface area is 119 Å². The molecule has 0 unspecified atom stereocenters. The monoisotopic (exact) mass is 283 g/mol. The van der Waals surface area contributed by atoms with Gasteiger partial charge in [0.1, 0.15) is 0 Å². The number of nitrogens with one attached hydrogen (secondary N) is 1. The van der Waals surface area contributed by atoms with Crippen LogP contribution in [0, 0.1) is 0 Å². The van der Waals surface area contributed by atoms with Crippen LogP contribution in [-0.2, 0) is 0 Å². The van der Waals surface area contributed by atoms with Crippen LogP contribution in [0.2, 0.25) is 5.02 Å². The predicted octanol–water partition coefficient (Wildman–Crippen LogP) is 5.70. The normalized spacial score (nSPS) is 11.4. The number of hydrogen-bond donors (Lipinski definition) is 1. The molecule has 92 valence electrons. The van der Waals surface area contributed by atoms with Crippen molar-refractivity contribution in [1.29, 1.82) is 0 Å². The van der Waals surface area contributed by atoms with Crippen molar-refractivity contribution in [2.45, 2.75) is 0 Å². The SMILES string of the molecule is Clc1ccc(-c2c[nH]c3c2sc2ccccc23)cc1. The number of H-pyrrole nitrogens is 1. The summed E-state index contributed by atoms with van der Waals surface area (Å²) in [5.41, 5.74) is 3.67. The van der Waals surface area contributed by atoms with E-state index in [0.717, 1.165) is 5.02 Å². The number of aromatic nitrogens is 1. The van der Waals surface area contributed by atoms with Crippen molar-refractivity contribution in [3.8, 4) is 11.1 Å². The number of halogens is 1. The van der Waals surface area contributed by atoms with Gasteiger partial charge in [-0.1, -0.05) is 41.9 Å². The van der Waals surface area contributed by atoms with Gasteiger partial charge in [-0.05, 0) is 23.8 Å². The van der Waals surface area contributed by atoms with Crippen molar-refractivity contribution >= 4 is 43.2 Å². The fourth-order valence-electron chi connectivity index (χ4n) is 2.43. The average molecular weight is 284 g/mol. The number of thiophene rings is 1. The van der Waals surface area contributed by atoms with Gasteiger partial charge >= 0.3 is 0 Å². The summed E-state index contributed by atoms with van der Waals surface area (Å²) in [6, 6.07) is 16.5. The minimum Gasteiger partial charge on any atom is -0.359 e. The van der Waals surface area contributed by atoms with Gasteiger partial charge in [0, 0.05) is 26.9 Å². The first kappa shape index (κ1) is 11.1. The van der Waals surface area contributed by atoms with Gasteiger partial charge < -0.3 is 4.98 Å². The van der Waals surface area contributed by atoms with Gasteiger partial charge in [0.2, 0.25) is 0 Å². The van der Waals surface area contributed by atoms with E-state index in [4.69, 9.17) is 11.6 Å². The standard InChI is InChI=1S/C16H10ClNS/c17-11-7-5-10(6-8-11)13-9-18-15-12-3-1-2-4-14(12)19-16(13)15/h1-9,18H. The second-order valence-corrected chi connectivity index (χ2v) is 6.00. The molecule has 0 bridgehead atoms. The van der Waals surface area contributed by atoms with Crippen LogP contribution in [0.3, 0.4) is 0 Å². The lowest BCUT2D eigenvalue weighted by atomic mass is 10.1. The molecule has 19 heavy (non-hydrogen) atoms. The molecule has 0 aliphatic carbocycles. The van der Waals surface area contributed by atoms with Crippen molar-refractivity contribution in [3.63, 3.8) is 0 Å². The van der Waals surface area contributed by atoms with E-state index in [0.29, 0.717) is 0 Å². The summed E-state index contributed by atoms with van der Waals surface area (Å²) in [7, 11) is 0. The largest absolute Gasteiger partial charge is 0.359 e. The molecule has 4 rings (SSSR count). The Hall–Kier alpha value is -1.77. The highest BCUT2D eigenvalue weighted by atomic mass is 35.5. The molecule has 0 aliphatic rings. The molecule has 0 aliphatic heterocycles. The van der Waals surface area contributed by atoms with E-state index in [9.17, 15) is 0 Å². The van der Waals surface area contributed by atoms with Gasteiger partial charge in [0.25, 0.3) is 0 Å². The maximum absolute atomic E-state index is 5.95. The second-order valence-electron chi connectivity index (χ2n) is 4.51. The zero-order chi connectivity index (χ0) is 12.8. The van der Waals surface area contributed by atoms with Crippen molar-refractivity contribution in [2.24, 2.45) is 0 Å². The summed E-state index contributed by atoms with van der Waals surface area (Å²) in [5.74, 6) is 0. The molecule has 1 N–H and O–H groups in total. The Morgan fingerprint density at radius 1 is 0.947 bits per heavy atom. The molecule has 0 saturated carbocycles. The van der Waals surface area contributed by atoms with Crippen LogP contribution < -0.4 is 0 Å². The summed E-state index contributed by atoms with van der Waals surface area (Å²) in [6.45, 7) is 0. The van der Waals surface area contributed by atoms with Gasteiger partial charge in [0.15, 0.2) is 0 Å². The summed E-state index contributed by atoms with van der Waals surface area (Å²) in [4.78, 5) is 3.40. The van der Waals surface area contributed by atoms with Gasteiger partial charge in [-0.3, -0.25) is 0 Å². The molecule has 0 atom stereocenters. The lowest BCUT2D eigenvalue weighted by molar-refractivity contribution is 1.49. The van der Waals surface area contributed by atoms with Gasteiger partial charge in [0.05, 0.1) is 10.2 Å². The van der Waals surface area contributed by atoms with Crippen LogP contribution in [-0.4, -0.2) is 4.98 Å². The molecular weight excluding hydrogens is 274 g/mol. The van der Waals surface area contributed by atoms with E-state index in [2.05, 4.69) is 47.6 Å². The molecular formula is C16H10ClNS. The first-order valence-corrected chi connectivity index (χ1v) is 7.27. The number of aromatic amines is 1. The highest BCUT2D eigenvalue weighted by Crippen LogP contribution is 2.39. The third kappa shape index (κ3) is 1.68. The van der Waals surface area contributed by atoms with E-state index < -0.39 is 0 Å². The van der Waals surface area contributed by atoms with E-state index in [1.54, 1.807) is 0 Å². The molecule has 2 aromatic carbocycles. The summed E-state index contributed by atoms with van der Waals surface area (Å²) < 4.78 is 2.63. The minimum absolute atomic E-state index is 0.770. The molecule has 3 heteroatoms. The van der Waals surface area contributed by atoms with E-state index in [1.165, 1.54) is 31.4 Å². The average Bonchev–Trinajstić information content (AvgIpc) is 2.98. The van der Waals surface area contributed by atoms with E-state index in [1.807, 2.05) is 23.5 Å². The van der Waals surface area contributed by atoms with Gasteiger partial charge in [-0.15, -0.1) is 11.3 Å². The maximum Gasteiger partial charge on any atom is 0.0650 e. The first-order valence-electron chi connectivity index (χ1n) is 6.07. The Kier molecular flexibility index (Phi) is 2.40. The van der Waals surface area contributed by atoms with Crippen molar-refractivity contribution in [1.82, 2.24) is 4.98 Å². The maximum atomic E-state index is 5.95. The van der Waals surface area contributed by atoms with Crippen LogP contribution in [0.15, 0.2) is 54.7 Å². The molecule has 0 spiro atoms. The summed E-state index contributed by atoms with van der Waals surface area (Å²) in [5, 5.41) is 2.06. The van der Waals surface area contributed by atoms with E-state index >= 15 is 0 Å². The van der Waals surface area contributed by atoms with E-state index in [-0.39, 0.29) is 0 Å². The first-order chi connectivity index (χ1) is 9.33. The van der Waals surface area contributed by atoms with Crippen LogP contribution in [0.25, 0.3) is 31.4 Å². The predicted molar refractivity (Wildman–Crippen MR) is 84.1 cm³/mol. The molecule has 2 aromatic heterocycles. The zero-order valence-electron chi connectivity index (χ0n) is 9.98. The quantitative estimate of drug-likeness (QED) is 0.461. The molecule has 0 amide bonds. The van der Waals surface area contributed by atoms with Crippen LogP contribution in [0.4, 0.5) is 0 Å². The molecule has 0 saturated heterocycles. The third-order valence-electron chi connectivity index (χ3n) is 3.36. The van der Waals surface area contributed by atoms with Crippen molar-refractivity contribution < 1.29 is 0 Å². The Bertz CT molecular complexity index is 871. The lowest BCUT2D eigenvalue weighted by Crippen LogP contribution is -1.72. The van der Waals surface area contributed by atoms with Crippen molar-refractivity contribution in [2.75, 3.05) is 0 Å². The molecule has 2 heterocycles. The second kappa shape index (κ2) is 4.12. The zero-order valence-corrected chi connectivity index (χ0v) is 11.6. The number of fused-ring (bicyclic) bond motifs is 3. The topological polar surface area (TPSA) is 15.8 Å². The molecule has 4 aromatic rings. The van der Waals surface area contributed by atoms with Crippen molar-refractivity contribution in [3.05, 3.63) is 59.8 Å². The Balaban J connectivity index is 2.02. The summed E-state index contributed by atoms with van der Waals surface area (Å²) >= 11 is 7.78. The molecule has 1 nitrogen and oxygen atoms in total. The summed E-state index contributed by atoms with van der Waals surface area (Å²) in [6.07, 6.45) is 2.08. The Morgan fingerprint density at radius 2 is 1.74 bits per heavy atom. The van der Waals surface area contributed by atoms with Gasteiger partial charge in [-0.2, -0.15) is 0 Å². The smallest absolute Gasteiger partial charge is 0.0650 e. The number of benzene rings is 2. The Morgan fingerprint density at radius 3 is 2.58 bits per heavy atom. The highest BCUT2D eigenvalue weighted by molar-refractivity contribution is 7.26. The van der Waals surface area contributed by atoms with Crippen LogP contribution >= 0.6 is 22.9 Å². The van der Waals surface area contributed by atoms with Crippen LogP contribution in [0.5, 0.6) is 0 Å². The van der Waals surface area contributed by atoms with Crippen LogP contribution in [0.1, 0.15) is 0 Å². The lowest BCUT2D eigenvalue weighted by Gasteiger charge is -1.97. The number of rotatable bonds is 1. The van der Waals surface area contributed by atoms with Gasteiger partial charge in [-0.25, -0.2) is 0 Å². The fraction of sp³-hybridized carbons (Fsp3) is 0. The number of hydrogen-bond acceptors (Lipinski definition) is 1. The molecule has 0 fully saturated rings. The third-order valence-corrected chi connectivity index (χ3v) is 4.81.